The number of likely N-dealkylation sites (tertiary alicyclic amines) is 1. The molecule has 1 heterocycles. The van der Waals surface area contributed by atoms with Gasteiger partial charge in [0.2, 0.25) is 0 Å². The van der Waals surface area contributed by atoms with Crippen LogP contribution in [-0.2, 0) is 0 Å². The monoisotopic (exact) mass is 299 g/mol. The summed E-state index contributed by atoms with van der Waals surface area (Å²) < 4.78 is 0. The Balaban J connectivity index is 2.17. The average molecular weight is 299 g/mol. The molecule has 0 saturated carbocycles. The number of hydrogen-bond acceptors (Lipinski definition) is 3. The van der Waals surface area contributed by atoms with Crippen LogP contribution in [0, 0.1) is 11.8 Å². The molecule has 0 bridgehead atoms. The summed E-state index contributed by atoms with van der Waals surface area (Å²) >= 11 is 0. The normalized spacial score (nSPS) is 20.3. The molecular formula is C16H33N3O2. The quantitative estimate of drug-likeness (QED) is 0.672. The first-order valence-electron chi connectivity index (χ1n) is 8.31. The van der Waals surface area contributed by atoms with Crippen molar-refractivity contribution in [3.63, 3.8) is 0 Å². The number of carbonyl (C=O) groups excluding carboxylic acids is 1. The summed E-state index contributed by atoms with van der Waals surface area (Å²) in [6.07, 6.45) is 3.52. The molecular weight excluding hydrogens is 266 g/mol. The molecule has 3 N–H and O–H groups in total. The van der Waals surface area contributed by atoms with Crippen LogP contribution < -0.4 is 10.6 Å². The van der Waals surface area contributed by atoms with Crippen molar-refractivity contribution < 1.29 is 9.90 Å². The van der Waals surface area contributed by atoms with Gasteiger partial charge >= 0.3 is 6.03 Å². The maximum absolute atomic E-state index is 11.8. The summed E-state index contributed by atoms with van der Waals surface area (Å²) in [6.45, 7) is 12.3. The number of hydrogen-bond donors (Lipinski definition) is 3. The first kappa shape index (κ1) is 18.2. The van der Waals surface area contributed by atoms with Crippen molar-refractivity contribution in [2.45, 2.75) is 52.6 Å². The van der Waals surface area contributed by atoms with E-state index in [2.05, 4.69) is 22.5 Å². The number of aliphatic hydroxyl groups is 1. The Morgan fingerprint density at radius 2 is 1.95 bits per heavy atom. The molecule has 1 fully saturated rings. The van der Waals surface area contributed by atoms with Crippen molar-refractivity contribution in [1.82, 2.24) is 15.5 Å². The molecule has 21 heavy (non-hydrogen) atoms. The molecule has 1 aliphatic heterocycles. The van der Waals surface area contributed by atoms with E-state index in [0.717, 1.165) is 32.5 Å². The maximum Gasteiger partial charge on any atom is 0.314 e. The number of carbonyl (C=O) groups is 1. The van der Waals surface area contributed by atoms with E-state index >= 15 is 0 Å². The van der Waals surface area contributed by atoms with Gasteiger partial charge in [-0.15, -0.1) is 0 Å². The number of rotatable bonds is 7. The second kappa shape index (κ2) is 8.59. The predicted octanol–water partition coefficient (Wildman–Crippen LogP) is 1.81. The highest BCUT2D eigenvalue weighted by molar-refractivity contribution is 5.73. The summed E-state index contributed by atoms with van der Waals surface area (Å²) in [5.74, 6) is 0.690. The molecule has 1 aliphatic rings. The zero-order valence-electron chi connectivity index (χ0n) is 14.1. The van der Waals surface area contributed by atoms with Gasteiger partial charge in [-0.25, -0.2) is 4.79 Å². The zero-order valence-corrected chi connectivity index (χ0v) is 14.1. The van der Waals surface area contributed by atoms with Crippen molar-refractivity contribution in [1.29, 1.82) is 0 Å². The molecule has 1 saturated heterocycles. The lowest BCUT2D eigenvalue weighted by Gasteiger charge is -2.32. The van der Waals surface area contributed by atoms with Gasteiger partial charge < -0.3 is 20.6 Å². The fourth-order valence-electron chi connectivity index (χ4n) is 2.49. The molecule has 1 unspecified atom stereocenters. The van der Waals surface area contributed by atoms with E-state index in [1.165, 1.54) is 13.0 Å². The highest BCUT2D eigenvalue weighted by Gasteiger charge is 2.25. The first-order valence-corrected chi connectivity index (χ1v) is 8.31. The lowest BCUT2D eigenvalue weighted by molar-refractivity contribution is 0.0165. The third-order valence-electron chi connectivity index (χ3n) is 4.65. The van der Waals surface area contributed by atoms with E-state index in [1.807, 2.05) is 13.8 Å². The van der Waals surface area contributed by atoms with Gasteiger partial charge in [-0.05, 0) is 57.7 Å². The summed E-state index contributed by atoms with van der Waals surface area (Å²) in [5, 5.41) is 15.8. The van der Waals surface area contributed by atoms with Gasteiger partial charge in [0, 0.05) is 13.1 Å². The summed E-state index contributed by atoms with van der Waals surface area (Å²) in [6, 6.07) is -0.174. The van der Waals surface area contributed by atoms with E-state index in [4.69, 9.17) is 0 Å². The Morgan fingerprint density at radius 1 is 1.33 bits per heavy atom. The summed E-state index contributed by atoms with van der Waals surface area (Å²) in [7, 11) is 0. The van der Waals surface area contributed by atoms with Crippen LogP contribution >= 0.6 is 0 Å². The molecule has 0 aliphatic carbocycles. The molecule has 0 aromatic heterocycles. The minimum atomic E-state index is -0.858. The first-order chi connectivity index (χ1) is 9.85. The Hall–Kier alpha value is -0.810. The number of amides is 2. The molecule has 0 aromatic rings. The SMILES string of the molecule is CCCN1CCC(CNC(=O)NCC(C)(O)C(C)C)CC1. The van der Waals surface area contributed by atoms with Crippen LogP contribution in [0.2, 0.25) is 0 Å². The average Bonchev–Trinajstić information content (AvgIpc) is 2.44. The van der Waals surface area contributed by atoms with Gasteiger partial charge in [0.05, 0.1) is 5.60 Å². The highest BCUT2D eigenvalue weighted by Crippen LogP contribution is 2.16. The fraction of sp³-hybridized carbons (Fsp3) is 0.938. The summed E-state index contributed by atoms with van der Waals surface area (Å²) in [4.78, 5) is 14.3. The molecule has 124 valence electrons. The van der Waals surface area contributed by atoms with Crippen LogP contribution in [-0.4, -0.2) is 54.4 Å². The lowest BCUT2D eigenvalue weighted by atomic mass is 9.93. The highest BCUT2D eigenvalue weighted by atomic mass is 16.3. The molecule has 1 atom stereocenters. The number of urea groups is 1. The zero-order chi connectivity index (χ0) is 15.9. The van der Waals surface area contributed by atoms with Crippen molar-refractivity contribution in [2.24, 2.45) is 11.8 Å². The Kier molecular flexibility index (Phi) is 7.46. The van der Waals surface area contributed by atoms with Crippen LogP contribution in [0.3, 0.4) is 0 Å². The van der Waals surface area contributed by atoms with Crippen molar-refractivity contribution in [3.05, 3.63) is 0 Å². The van der Waals surface area contributed by atoms with E-state index in [-0.39, 0.29) is 18.5 Å². The van der Waals surface area contributed by atoms with Crippen LogP contribution in [0.1, 0.15) is 47.0 Å². The molecule has 2 amide bonds. The van der Waals surface area contributed by atoms with Crippen LogP contribution in [0.5, 0.6) is 0 Å². The predicted molar refractivity (Wildman–Crippen MR) is 86.3 cm³/mol. The Bertz CT molecular complexity index is 311. The largest absolute Gasteiger partial charge is 0.388 e. The second-order valence-corrected chi connectivity index (χ2v) is 6.86. The van der Waals surface area contributed by atoms with Gasteiger partial charge in [-0.1, -0.05) is 20.8 Å². The van der Waals surface area contributed by atoms with Gasteiger partial charge in [-0.3, -0.25) is 0 Å². The van der Waals surface area contributed by atoms with Crippen molar-refractivity contribution >= 4 is 6.03 Å². The molecule has 0 spiro atoms. The van der Waals surface area contributed by atoms with Crippen LogP contribution in [0.4, 0.5) is 4.79 Å². The molecule has 0 radical (unpaired) electrons. The molecule has 5 nitrogen and oxygen atoms in total. The molecule has 1 rings (SSSR count). The number of nitrogens with one attached hydrogen (secondary N) is 2. The van der Waals surface area contributed by atoms with Crippen molar-refractivity contribution in [3.8, 4) is 0 Å². The third-order valence-corrected chi connectivity index (χ3v) is 4.65. The molecule has 0 aromatic carbocycles. The van der Waals surface area contributed by atoms with Crippen LogP contribution in [0.25, 0.3) is 0 Å². The van der Waals surface area contributed by atoms with Crippen LogP contribution in [0.15, 0.2) is 0 Å². The van der Waals surface area contributed by atoms with Crippen molar-refractivity contribution in [2.75, 3.05) is 32.7 Å². The standard InChI is InChI=1S/C16H33N3O2/c1-5-8-19-9-6-14(7-10-19)11-17-15(20)18-12-16(4,21)13(2)3/h13-14,21H,5-12H2,1-4H3,(H2,17,18,20). The summed E-state index contributed by atoms with van der Waals surface area (Å²) in [5.41, 5.74) is -0.858. The van der Waals surface area contributed by atoms with E-state index in [0.29, 0.717) is 5.92 Å². The van der Waals surface area contributed by atoms with Gasteiger partial charge in [-0.2, -0.15) is 0 Å². The van der Waals surface area contributed by atoms with Gasteiger partial charge in [0.15, 0.2) is 0 Å². The number of piperidine rings is 1. The maximum atomic E-state index is 11.8. The Labute approximate surface area is 129 Å². The minimum absolute atomic E-state index is 0.112. The molecule has 5 heteroatoms. The fourth-order valence-corrected chi connectivity index (χ4v) is 2.49. The third kappa shape index (κ3) is 6.66. The van der Waals surface area contributed by atoms with Gasteiger partial charge in [0.25, 0.3) is 0 Å². The smallest absolute Gasteiger partial charge is 0.314 e. The van der Waals surface area contributed by atoms with E-state index in [9.17, 15) is 9.90 Å². The van der Waals surface area contributed by atoms with Gasteiger partial charge in [0.1, 0.15) is 0 Å². The minimum Gasteiger partial charge on any atom is -0.388 e. The number of nitrogens with zero attached hydrogens (tertiary/aromatic N) is 1. The Morgan fingerprint density at radius 3 is 2.48 bits per heavy atom. The van der Waals surface area contributed by atoms with E-state index < -0.39 is 5.60 Å². The second-order valence-electron chi connectivity index (χ2n) is 6.86. The lowest BCUT2D eigenvalue weighted by Crippen LogP contribution is -2.48. The van der Waals surface area contributed by atoms with E-state index in [1.54, 1.807) is 6.92 Å². The topological polar surface area (TPSA) is 64.6 Å².